The van der Waals surface area contributed by atoms with E-state index in [1.54, 1.807) is 24.3 Å². The van der Waals surface area contributed by atoms with E-state index in [0.29, 0.717) is 10.7 Å². The van der Waals surface area contributed by atoms with Crippen molar-refractivity contribution >= 4 is 52.3 Å². The normalized spacial score (nSPS) is 9.89. The maximum atomic E-state index is 11.9. The van der Waals surface area contributed by atoms with Crippen molar-refractivity contribution in [2.45, 2.75) is 19.3 Å². The average molecular weight is 419 g/mol. The van der Waals surface area contributed by atoms with Gasteiger partial charge in [-0.05, 0) is 29.9 Å². The minimum Gasteiger partial charge on any atom is -0.325 e. The van der Waals surface area contributed by atoms with Crippen LogP contribution >= 0.6 is 23.8 Å². The lowest BCUT2D eigenvalue weighted by Crippen LogP contribution is -2.48. The van der Waals surface area contributed by atoms with Crippen LogP contribution in [0.3, 0.4) is 0 Å². The van der Waals surface area contributed by atoms with Crippen LogP contribution in [0.2, 0.25) is 5.02 Å². The number of benzene rings is 2. The number of hydrogen-bond acceptors (Lipinski definition) is 4. The van der Waals surface area contributed by atoms with Gasteiger partial charge in [0.1, 0.15) is 0 Å². The first-order chi connectivity index (χ1) is 13.4. The highest BCUT2D eigenvalue weighted by molar-refractivity contribution is 7.80. The van der Waals surface area contributed by atoms with E-state index in [2.05, 4.69) is 21.5 Å². The van der Waals surface area contributed by atoms with E-state index >= 15 is 0 Å². The molecule has 0 aliphatic heterocycles. The highest BCUT2D eigenvalue weighted by atomic mass is 35.5. The van der Waals surface area contributed by atoms with E-state index in [4.69, 9.17) is 23.8 Å². The van der Waals surface area contributed by atoms with Crippen molar-refractivity contribution < 1.29 is 14.4 Å². The van der Waals surface area contributed by atoms with Gasteiger partial charge in [0, 0.05) is 12.8 Å². The Morgan fingerprint density at radius 1 is 0.821 bits per heavy atom. The topological polar surface area (TPSA) is 99.3 Å². The fourth-order valence-corrected chi connectivity index (χ4v) is 2.52. The lowest BCUT2D eigenvalue weighted by atomic mass is 10.1. The van der Waals surface area contributed by atoms with Gasteiger partial charge in [-0.2, -0.15) is 0 Å². The second kappa shape index (κ2) is 11.0. The molecule has 146 valence electrons. The third-order valence-corrected chi connectivity index (χ3v) is 4.04. The molecule has 2 rings (SSSR count). The van der Waals surface area contributed by atoms with Crippen molar-refractivity contribution in [3.63, 3.8) is 0 Å². The lowest BCUT2D eigenvalue weighted by molar-refractivity contribution is -0.124. The van der Waals surface area contributed by atoms with Crippen molar-refractivity contribution in [3.8, 4) is 0 Å². The van der Waals surface area contributed by atoms with Crippen LogP contribution in [0.1, 0.15) is 18.4 Å². The number of carbonyl (C=O) groups excluding carboxylic acids is 3. The fourth-order valence-electron chi connectivity index (χ4n) is 2.17. The van der Waals surface area contributed by atoms with Crippen molar-refractivity contribution in [3.05, 3.63) is 65.2 Å². The molecular formula is C19H19ClN4O3S. The van der Waals surface area contributed by atoms with Gasteiger partial charge in [0.25, 0.3) is 0 Å². The van der Waals surface area contributed by atoms with Crippen LogP contribution < -0.4 is 21.5 Å². The number of para-hydroxylation sites is 1. The summed E-state index contributed by atoms with van der Waals surface area (Å²) in [4.78, 5) is 35.5. The number of rotatable bonds is 6. The summed E-state index contributed by atoms with van der Waals surface area (Å²) in [7, 11) is 0. The molecule has 0 radical (unpaired) electrons. The van der Waals surface area contributed by atoms with Crippen LogP contribution in [-0.4, -0.2) is 22.8 Å². The molecule has 0 saturated heterocycles. The molecular weight excluding hydrogens is 400 g/mol. The summed E-state index contributed by atoms with van der Waals surface area (Å²) in [6, 6.07) is 16.0. The van der Waals surface area contributed by atoms with Gasteiger partial charge in [-0.1, -0.05) is 54.1 Å². The van der Waals surface area contributed by atoms with Crippen molar-refractivity contribution in [2.75, 3.05) is 5.32 Å². The maximum absolute atomic E-state index is 11.9. The number of thiocarbonyl (C=S) groups is 1. The molecule has 0 fully saturated rings. The van der Waals surface area contributed by atoms with Crippen LogP contribution in [0.5, 0.6) is 0 Å². The molecule has 4 N–H and O–H groups in total. The van der Waals surface area contributed by atoms with E-state index in [1.807, 2.05) is 30.3 Å². The minimum atomic E-state index is -0.450. The Morgan fingerprint density at radius 2 is 1.46 bits per heavy atom. The Morgan fingerprint density at radius 3 is 2.18 bits per heavy atom. The summed E-state index contributed by atoms with van der Waals surface area (Å²) in [6.07, 6.45) is 0.0640. The first-order valence-electron chi connectivity index (χ1n) is 8.41. The number of hydrazine groups is 1. The number of anilines is 1. The Hall–Kier alpha value is -2.97. The smallest absolute Gasteiger partial charge is 0.238 e. The molecule has 7 nitrogen and oxygen atoms in total. The van der Waals surface area contributed by atoms with Crippen molar-refractivity contribution in [1.82, 2.24) is 16.2 Å². The number of carbonyl (C=O) groups is 3. The predicted molar refractivity (Wildman–Crippen MR) is 111 cm³/mol. The first kappa shape index (κ1) is 21.3. The molecule has 9 heteroatoms. The Labute approximate surface area is 172 Å². The summed E-state index contributed by atoms with van der Waals surface area (Å²) < 4.78 is 0. The van der Waals surface area contributed by atoms with Gasteiger partial charge in [-0.3, -0.25) is 25.2 Å². The fraction of sp³-hybridized carbons (Fsp3) is 0.158. The van der Waals surface area contributed by atoms with E-state index in [-0.39, 0.29) is 36.2 Å². The SMILES string of the molecule is O=C(CCC(=O)Nc1ccccc1Cl)NNC(=S)NC(=O)Cc1ccccc1. The number of amides is 3. The summed E-state index contributed by atoms with van der Waals surface area (Å²) in [5.74, 6) is -1.10. The van der Waals surface area contributed by atoms with Crippen molar-refractivity contribution in [1.29, 1.82) is 0 Å². The molecule has 2 aromatic rings. The zero-order valence-corrected chi connectivity index (χ0v) is 16.4. The van der Waals surface area contributed by atoms with Crippen LogP contribution in [0.25, 0.3) is 0 Å². The summed E-state index contributed by atoms with van der Waals surface area (Å²) in [5.41, 5.74) is 6.09. The minimum absolute atomic E-state index is 0.0326. The molecule has 0 saturated carbocycles. The summed E-state index contributed by atoms with van der Waals surface area (Å²) in [6.45, 7) is 0. The molecule has 3 amide bonds. The van der Waals surface area contributed by atoms with Gasteiger partial charge in [-0.25, -0.2) is 0 Å². The molecule has 0 aliphatic carbocycles. The van der Waals surface area contributed by atoms with Gasteiger partial charge in [0.05, 0.1) is 17.1 Å². The van der Waals surface area contributed by atoms with E-state index in [0.717, 1.165) is 5.56 Å². The Balaban J connectivity index is 1.64. The van der Waals surface area contributed by atoms with Crippen LogP contribution in [0, 0.1) is 0 Å². The molecule has 0 heterocycles. The zero-order valence-electron chi connectivity index (χ0n) is 14.8. The predicted octanol–water partition coefficient (Wildman–Crippen LogP) is 2.32. The third-order valence-electron chi connectivity index (χ3n) is 3.50. The molecule has 2 aromatic carbocycles. The summed E-state index contributed by atoms with van der Waals surface area (Å²) >= 11 is 10.9. The highest BCUT2D eigenvalue weighted by Gasteiger charge is 2.10. The van der Waals surface area contributed by atoms with Crippen LogP contribution in [-0.2, 0) is 20.8 Å². The van der Waals surface area contributed by atoms with Gasteiger partial charge >= 0.3 is 0 Å². The summed E-state index contributed by atoms with van der Waals surface area (Å²) in [5, 5.41) is 5.47. The van der Waals surface area contributed by atoms with Gasteiger partial charge in [0.15, 0.2) is 5.11 Å². The van der Waals surface area contributed by atoms with Gasteiger partial charge in [-0.15, -0.1) is 0 Å². The monoisotopic (exact) mass is 418 g/mol. The third kappa shape index (κ3) is 7.73. The molecule has 28 heavy (non-hydrogen) atoms. The van der Waals surface area contributed by atoms with E-state index < -0.39 is 5.91 Å². The lowest BCUT2D eigenvalue weighted by Gasteiger charge is -2.11. The molecule has 0 spiro atoms. The zero-order chi connectivity index (χ0) is 20.4. The standard InChI is InChI=1S/C19H19ClN4O3S/c20-14-8-4-5-9-15(14)21-16(25)10-11-17(26)23-24-19(28)22-18(27)12-13-6-2-1-3-7-13/h1-9H,10-12H2,(H,21,25)(H,23,26)(H2,22,24,27,28). The maximum Gasteiger partial charge on any atom is 0.238 e. The largest absolute Gasteiger partial charge is 0.325 e. The van der Waals surface area contributed by atoms with Gasteiger partial charge < -0.3 is 10.6 Å². The van der Waals surface area contributed by atoms with Crippen LogP contribution in [0.4, 0.5) is 5.69 Å². The van der Waals surface area contributed by atoms with E-state index in [9.17, 15) is 14.4 Å². The number of hydrogen-bond donors (Lipinski definition) is 4. The highest BCUT2D eigenvalue weighted by Crippen LogP contribution is 2.20. The van der Waals surface area contributed by atoms with Gasteiger partial charge in [0.2, 0.25) is 17.7 Å². The Bertz CT molecular complexity index is 861. The van der Waals surface area contributed by atoms with E-state index in [1.165, 1.54) is 0 Å². The molecule has 0 unspecified atom stereocenters. The van der Waals surface area contributed by atoms with Crippen LogP contribution in [0.15, 0.2) is 54.6 Å². The Kier molecular flexibility index (Phi) is 8.38. The molecule has 0 aromatic heterocycles. The second-order valence-electron chi connectivity index (χ2n) is 5.74. The molecule has 0 bridgehead atoms. The second-order valence-corrected chi connectivity index (χ2v) is 6.56. The molecule has 0 atom stereocenters. The number of nitrogens with one attached hydrogen (secondary N) is 4. The molecule has 0 aliphatic rings. The number of halogens is 1. The first-order valence-corrected chi connectivity index (χ1v) is 9.19. The van der Waals surface area contributed by atoms with Crippen molar-refractivity contribution in [2.24, 2.45) is 0 Å². The average Bonchev–Trinajstić information content (AvgIpc) is 2.67. The quantitative estimate of drug-likeness (QED) is 0.426.